The van der Waals surface area contributed by atoms with Crippen LogP contribution in [0.15, 0.2) is 18.2 Å². The Bertz CT molecular complexity index is 651. The third-order valence-corrected chi connectivity index (χ3v) is 3.87. The zero-order valence-electron chi connectivity index (χ0n) is 11.7. The van der Waals surface area contributed by atoms with Crippen molar-refractivity contribution >= 4 is 5.82 Å². The molecule has 20 heavy (non-hydrogen) atoms. The third-order valence-electron chi connectivity index (χ3n) is 3.87. The zero-order chi connectivity index (χ0) is 14.3. The fourth-order valence-corrected chi connectivity index (χ4v) is 2.71. The maximum Gasteiger partial charge on any atom is 0.165 e. The summed E-state index contributed by atoms with van der Waals surface area (Å²) >= 11 is 0. The number of nitrogens with zero attached hydrogens (tertiary/aromatic N) is 2. The van der Waals surface area contributed by atoms with E-state index in [-0.39, 0.29) is 5.75 Å². The van der Waals surface area contributed by atoms with Gasteiger partial charge >= 0.3 is 0 Å². The highest BCUT2D eigenvalue weighted by molar-refractivity contribution is 5.71. The van der Waals surface area contributed by atoms with Crippen molar-refractivity contribution in [2.75, 3.05) is 12.8 Å². The maximum atomic E-state index is 13.8. The number of ether oxygens (including phenoxy) is 1. The first-order valence-electron chi connectivity index (χ1n) is 6.79. The molecule has 3 rings (SSSR count). The van der Waals surface area contributed by atoms with E-state index in [0.29, 0.717) is 23.0 Å². The van der Waals surface area contributed by atoms with Gasteiger partial charge in [0.2, 0.25) is 0 Å². The van der Waals surface area contributed by atoms with Crippen molar-refractivity contribution < 1.29 is 9.13 Å². The number of nitrogens with two attached hydrogens (primary N) is 1. The van der Waals surface area contributed by atoms with Gasteiger partial charge in [-0.05, 0) is 30.5 Å². The summed E-state index contributed by atoms with van der Waals surface area (Å²) in [7, 11) is 1.45. The molecule has 1 aliphatic heterocycles. The molecule has 2 N–H and O–H groups in total. The molecule has 0 saturated heterocycles. The number of anilines is 1. The summed E-state index contributed by atoms with van der Waals surface area (Å²) in [5, 5.41) is 0. The van der Waals surface area contributed by atoms with E-state index < -0.39 is 5.82 Å². The lowest BCUT2D eigenvalue weighted by Crippen LogP contribution is -2.19. The van der Waals surface area contributed by atoms with Crippen molar-refractivity contribution in [3.05, 3.63) is 29.8 Å². The van der Waals surface area contributed by atoms with Gasteiger partial charge in [-0.3, -0.25) is 0 Å². The maximum absolute atomic E-state index is 13.8. The Balaban J connectivity index is 2.05. The SMILES string of the molecule is COc1ccc(-c2nc3n(c2N)CC(C)CC3)cc1F. The van der Waals surface area contributed by atoms with Gasteiger partial charge in [-0.25, -0.2) is 9.37 Å². The highest BCUT2D eigenvalue weighted by Crippen LogP contribution is 2.32. The summed E-state index contributed by atoms with van der Waals surface area (Å²) in [6, 6.07) is 4.81. The van der Waals surface area contributed by atoms with Crippen LogP contribution < -0.4 is 10.5 Å². The van der Waals surface area contributed by atoms with Crippen LogP contribution in [0.25, 0.3) is 11.3 Å². The monoisotopic (exact) mass is 275 g/mol. The molecule has 0 bridgehead atoms. The highest BCUT2D eigenvalue weighted by Gasteiger charge is 2.22. The fraction of sp³-hybridized carbons (Fsp3) is 0.400. The van der Waals surface area contributed by atoms with Gasteiger partial charge in [0.25, 0.3) is 0 Å². The first-order valence-corrected chi connectivity index (χ1v) is 6.79. The second-order valence-electron chi connectivity index (χ2n) is 5.37. The van der Waals surface area contributed by atoms with Crippen molar-refractivity contribution in [3.63, 3.8) is 0 Å². The van der Waals surface area contributed by atoms with Crippen molar-refractivity contribution in [2.24, 2.45) is 5.92 Å². The van der Waals surface area contributed by atoms with Crippen molar-refractivity contribution in [3.8, 4) is 17.0 Å². The van der Waals surface area contributed by atoms with Crippen LogP contribution in [0, 0.1) is 11.7 Å². The number of rotatable bonds is 2. The van der Waals surface area contributed by atoms with Gasteiger partial charge in [0.15, 0.2) is 11.6 Å². The Morgan fingerprint density at radius 3 is 2.95 bits per heavy atom. The normalized spacial score (nSPS) is 17.9. The molecule has 2 aromatic rings. The molecule has 0 spiro atoms. The molecule has 1 atom stereocenters. The van der Waals surface area contributed by atoms with Gasteiger partial charge in [-0.15, -0.1) is 0 Å². The number of imidazole rings is 1. The number of aryl methyl sites for hydroxylation is 1. The lowest BCUT2D eigenvalue weighted by atomic mass is 10.0. The van der Waals surface area contributed by atoms with Crippen LogP contribution in [0.3, 0.4) is 0 Å². The highest BCUT2D eigenvalue weighted by atomic mass is 19.1. The Labute approximate surface area is 117 Å². The second-order valence-corrected chi connectivity index (χ2v) is 5.37. The molecule has 0 amide bonds. The number of hydrogen-bond donors (Lipinski definition) is 1. The van der Waals surface area contributed by atoms with Gasteiger partial charge in [0.1, 0.15) is 17.3 Å². The number of nitrogen functional groups attached to an aromatic ring is 1. The lowest BCUT2D eigenvalue weighted by Gasteiger charge is -2.20. The summed E-state index contributed by atoms with van der Waals surface area (Å²) in [4.78, 5) is 4.58. The van der Waals surface area contributed by atoms with Crippen LogP contribution in [0.1, 0.15) is 19.2 Å². The zero-order valence-corrected chi connectivity index (χ0v) is 11.7. The van der Waals surface area contributed by atoms with Gasteiger partial charge in [-0.2, -0.15) is 0 Å². The molecule has 1 aromatic heterocycles. The number of methoxy groups -OCH3 is 1. The molecule has 106 valence electrons. The molecule has 0 radical (unpaired) electrons. The third kappa shape index (κ3) is 2.03. The summed E-state index contributed by atoms with van der Waals surface area (Å²) < 4.78 is 20.8. The Morgan fingerprint density at radius 1 is 1.45 bits per heavy atom. The summed E-state index contributed by atoms with van der Waals surface area (Å²) in [6.07, 6.45) is 2.04. The summed E-state index contributed by atoms with van der Waals surface area (Å²) in [5.74, 6) is 2.04. The minimum Gasteiger partial charge on any atom is -0.494 e. The predicted molar refractivity (Wildman–Crippen MR) is 76.1 cm³/mol. The van der Waals surface area contributed by atoms with Crippen molar-refractivity contribution in [2.45, 2.75) is 26.3 Å². The van der Waals surface area contributed by atoms with Gasteiger partial charge in [-0.1, -0.05) is 6.92 Å². The van der Waals surface area contributed by atoms with Crippen LogP contribution in [0.4, 0.5) is 10.2 Å². The van der Waals surface area contributed by atoms with E-state index in [1.807, 2.05) is 4.57 Å². The van der Waals surface area contributed by atoms with E-state index >= 15 is 0 Å². The molecular weight excluding hydrogens is 257 g/mol. The molecule has 0 aliphatic carbocycles. The van der Waals surface area contributed by atoms with E-state index in [9.17, 15) is 4.39 Å². The van der Waals surface area contributed by atoms with E-state index in [1.54, 1.807) is 12.1 Å². The molecule has 2 heterocycles. The Hall–Kier alpha value is -2.04. The van der Waals surface area contributed by atoms with Gasteiger partial charge < -0.3 is 15.0 Å². The average molecular weight is 275 g/mol. The quantitative estimate of drug-likeness (QED) is 0.917. The molecule has 0 saturated carbocycles. The lowest BCUT2D eigenvalue weighted by molar-refractivity contribution is 0.386. The molecule has 1 aliphatic rings. The molecule has 1 aromatic carbocycles. The van der Waals surface area contributed by atoms with Gasteiger partial charge in [0, 0.05) is 18.5 Å². The average Bonchev–Trinajstić information content (AvgIpc) is 2.76. The van der Waals surface area contributed by atoms with E-state index in [1.165, 1.54) is 13.2 Å². The van der Waals surface area contributed by atoms with Crippen molar-refractivity contribution in [1.29, 1.82) is 0 Å². The van der Waals surface area contributed by atoms with Crippen molar-refractivity contribution in [1.82, 2.24) is 9.55 Å². The van der Waals surface area contributed by atoms with Crippen LogP contribution in [-0.4, -0.2) is 16.7 Å². The topological polar surface area (TPSA) is 53.1 Å². The van der Waals surface area contributed by atoms with E-state index in [0.717, 1.165) is 25.2 Å². The van der Waals surface area contributed by atoms with Gasteiger partial charge in [0.05, 0.1) is 7.11 Å². The molecule has 5 heteroatoms. The van der Waals surface area contributed by atoms with E-state index in [2.05, 4.69) is 11.9 Å². The molecule has 1 unspecified atom stereocenters. The second kappa shape index (κ2) is 4.81. The number of aromatic nitrogens is 2. The minimum absolute atomic E-state index is 0.227. The van der Waals surface area contributed by atoms with Crippen LogP contribution in [0.5, 0.6) is 5.75 Å². The summed E-state index contributed by atoms with van der Waals surface area (Å²) in [6.45, 7) is 3.09. The smallest absolute Gasteiger partial charge is 0.165 e. The number of hydrogen-bond acceptors (Lipinski definition) is 3. The first kappa shape index (κ1) is 13.0. The largest absolute Gasteiger partial charge is 0.494 e. The van der Waals surface area contributed by atoms with Crippen LogP contribution >= 0.6 is 0 Å². The number of halogens is 1. The van der Waals surface area contributed by atoms with E-state index in [4.69, 9.17) is 10.5 Å². The van der Waals surface area contributed by atoms with Crippen LogP contribution in [-0.2, 0) is 13.0 Å². The van der Waals surface area contributed by atoms with Crippen LogP contribution in [0.2, 0.25) is 0 Å². The first-order chi connectivity index (χ1) is 9.60. The predicted octanol–water partition coefficient (Wildman–Crippen LogP) is 2.86. The standard InChI is InChI=1S/C15H18FN3O/c1-9-3-6-13-18-14(15(17)19(13)8-9)10-4-5-12(20-2)11(16)7-10/h4-5,7,9H,3,6,8,17H2,1-2H3. The molecule has 0 fully saturated rings. The summed E-state index contributed by atoms with van der Waals surface area (Å²) in [5.41, 5.74) is 7.54. The molecular formula is C15H18FN3O. The Kier molecular flexibility index (Phi) is 3.12. The molecule has 4 nitrogen and oxygen atoms in total. The number of fused-ring (bicyclic) bond motifs is 1. The minimum atomic E-state index is -0.399. The Morgan fingerprint density at radius 2 is 2.25 bits per heavy atom. The fourth-order valence-electron chi connectivity index (χ4n) is 2.71. The number of benzene rings is 1.